The van der Waals surface area contributed by atoms with E-state index in [2.05, 4.69) is 25.7 Å². The van der Waals surface area contributed by atoms with E-state index in [1.165, 1.54) is 7.11 Å². The van der Waals surface area contributed by atoms with Crippen molar-refractivity contribution in [1.29, 1.82) is 0 Å². The molecule has 0 radical (unpaired) electrons. The molecule has 10 nitrogen and oxygen atoms in total. The number of hydrogen-bond acceptors (Lipinski definition) is 7. The average Bonchev–Trinajstić information content (AvgIpc) is 3.35. The van der Waals surface area contributed by atoms with Crippen molar-refractivity contribution in [3.63, 3.8) is 0 Å². The number of amides is 2. The minimum atomic E-state index is -0.275. The van der Waals surface area contributed by atoms with Gasteiger partial charge in [0.25, 0.3) is 11.8 Å². The molecule has 0 saturated carbocycles. The Morgan fingerprint density at radius 1 is 1.11 bits per heavy atom. The lowest BCUT2D eigenvalue weighted by Gasteiger charge is -2.13. The van der Waals surface area contributed by atoms with Gasteiger partial charge in [0.2, 0.25) is 0 Å². The molecule has 3 heterocycles. The smallest absolute Gasteiger partial charge is 0.269 e. The third-order valence-corrected chi connectivity index (χ3v) is 5.74. The molecule has 2 aromatic carbocycles. The number of anilines is 1. The first-order valence-corrected chi connectivity index (χ1v) is 11.4. The predicted molar refractivity (Wildman–Crippen MR) is 133 cm³/mol. The Bertz CT molecular complexity index is 1450. The fourth-order valence-electron chi connectivity index (χ4n) is 3.87. The molecule has 0 aliphatic carbocycles. The standard InChI is InChI=1S/C26H24N6O4/c1-16-5-3-4-6-18(16)29-24(33)15-36-22-8-7-17(13-23(22)35-2)25-27-10-9-19(30-25)20-14-21-26(34)28-11-12-32(21)31-20/h3-10,13-14H,11-12,15H2,1-2H3,(H,28,34)(H,29,33). The lowest BCUT2D eigenvalue weighted by molar-refractivity contribution is -0.118. The van der Waals surface area contributed by atoms with Crippen LogP contribution in [-0.4, -0.2) is 51.8 Å². The van der Waals surface area contributed by atoms with E-state index in [1.807, 2.05) is 31.2 Å². The molecular weight excluding hydrogens is 460 g/mol. The number of para-hydroxylation sites is 1. The minimum absolute atomic E-state index is 0.151. The van der Waals surface area contributed by atoms with Crippen molar-refractivity contribution < 1.29 is 19.1 Å². The molecule has 10 heteroatoms. The molecule has 0 saturated heterocycles. The van der Waals surface area contributed by atoms with Gasteiger partial charge in [0.05, 0.1) is 19.3 Å². The average molecular weight is 485 g/mol. The highest BCUT2D eigenvalue weighted by Gasteiger charge is 2.20. The van der Waals surface area contributed by atoms with Crippen LogP contribution in [0.1, 0.15) is 16.1 Å². The molecule has 0 spiro atoms. The van der Waals surface area contributed by atoms with Crippen molar-refractivity contribution in [2.45, 2.75) is 13.5 Å². The molecule has 0 bridgehead atoms. The number of carbonyl (C=O) groups is 2. The summed E-state index contributed by atoms with van der Waals surface area (Å²) in [5, 5.41) is 10.2. The number of aromatic nitrogens is 4. The van der Waals surface area contributed by atoms with Gasteiger partial charge in [-0.3, -0.25) is 14.3 Å². The zero-order chi connectivity index (χ0) is 25.1. The van der Waals surface area contributed by atoms with Gasteiger partial charge in [-0.25, -0.2) is 9.97 Å². The number of nitrogens with one attached hydrogen (secondary N) is 2. The Balaban J connectivity index is 1.32. The summed E-state index contributed by atoms with van der Waals surface area (Å²) in [4.78, 5) is 33.4. The number of ether oxygens (including phenoxy) is 2. The van der Waals surface area contributed by atoms with Crippen LogP contribution >= 0.6 is 0 Å². The predicted octanol–water partition coefficient (Wildman–Crippen LogP) is 3.09. The molecule has 1 aliphatic heterocycles. The molecule has 2 N–H and O–H groups in total. The summed E-state index contributed by atoms with van der Waals surface area (Å²) >= 11 is 0. The summed E-state index contributed by atoms with van der Waals surface area (Å²) in [5.41, 5.74) is 4.11. The van der Waals surface area contributed by atoms with E-state index in [9.17, 15) is 9.59 Å². The number of rotatable bonds is 7. The molecule has 0 atom stereocenters. The van der Waals surface area contributed by atoms with E-state index in [0.29, 0.717) is 53.1 Å². The van der Waals surface area contributed by atoms with Gasteiger partial charge in [-0.2, -0.15) is 5.10 Å². The number of aryl methyl sites for hydroxylation is 1. The first-order chi connectivity index (χ1) is 17.5. The largest absolute Gasteiger partial charge is 0.493 e. The van der Waals surface area contributed by atoms with Gasteiger partial charge >= 0.3 is 0 Å². The lowest BCUT2D eigenvalue weighted by Crippen LogP contribution is -2.35. The number of nitrogens with zero attached hydrogens (tertiary/aromatic N) is 4. The SMILES string of the molecule is COc1cc(-c2nccc(-c3cc4n(n3)CCNC4=O)n2)ccc1OCC(=O)Nc1ccccc1C. The van der Waals surface area contributed by atoms with Crippen molar-refractivity contribution in [3.05, 3.63) is 72.1 Å². The third kappa shape index (κ3) is 4.74. The van der Waals surface area contributed by atoms with Gasteiger partial charge in [0.1, 0.15) is 11.4 Å². The maximum atomic E-state index is 12.4. The topological polar surface area (TPSA) is 120 Å². The van der Waals surface area contributed by atoms with E-state index in [0.717, 1.165) is 11.3 Å². The van der Waals surface area contributed by atoms with Crippen LogP contribution in [0.3, 0.4) is 0 Å². The van der Waals surface area contributed by atoms with Gasteiger partial charge in [-0.05, 0) is 48.9 Å². The molecular formula is C26H24N6O4. The zero-order valence-corrected chi connectivity index (χ0v) is 19.8. The maximum absolute atomic E-state index is 12.4. The molecule has 0 fully saturated rings. The Labute approximate surface area is 207 Å². The van der Waals surface area contributed by atoms with Crippen LogP contribution in [0.2, 0.25) is 0 Å². The molecule has 4 aromatic rings. The molecule has 0 unspecified atom stereocenters. The van der Waals surface area contributed by atoms with Gasteiger partial charge in [-0.15, -0.1) is 0 Å². The summed E-state index contributed by atoms with van der Waals surface area (Å²) < 4.78 is 12.9. The lowest BCUT2D eigenvalue weighted by atomic mass is 10.1. The monoisotopic (exact) mass is 484 g/mol. The van der Waals surface area contributed by atoms with Crippen LogP contribution in [-0.2, 0) is 11.3 Å². The summed E-state index contributed by atoms with van der Waals surface area (Å²) in [5.74, 6) is 0.902. The van der Waals surface area contributed by atoms with Gasteiger partial charge in [0, 0.05) is 24.0 Å². The highest BCUT2D eigenvalue weighted by molar-refractivity contribution is 5.94. The second-order valence-electron chi connectivity index (χ2n) is 8.18. The fourth-order valence-corrected chi connectivity index (χ4v) is 3.87. The molecule has 5 rings (SSSR count). The van der Waals surface area contributed by atoms with E-state index < -0.39 is 0 Å². The molecule has 36 heavy (non-hydrogen) atoms. The van der Waals surface area contributed by atoms with Crippen molar-refractivity contribution in [2.75, 3.05) is 25.6 Å². The number of carbonyl (C=O) groups excluding carboxylic acids is 2. The summed E-state index contributed by atoms with van der Waals surface area (Å²) in [7, 11) is 1.53. The van der Waals surface area contributed by atoms with Crippen LogP contribution in [0.5, 0.6) is 11.5 Å². The summed E-state index contributed by atoms with van der Waals surface area (Å²) in [6.07, 6.45) is 1.64. The number of hydrogen-bond donors (Lipinski definition) is 2. The first kappa shape index (κ1) is 23.0. The summed E-state index contributed by atoms with van der Waals surface area (Å²) in [6, 6.07) is 16.3. The van der Waals surface area contributed by atoms with Crippen LogP contribution in [0, 0.1) is 6.92 Å². The molecule has 182 valence electrons. The number of benzene rings is 2. The maximum Gasteiger partial charge on any atom is 0.269 e. The van der Waals surface area contributed by atoms with Crippen LogP contribution < -0.4 is 20.1 Å². The second kappa shape index (κ2) is 9.87. The van der Waals surface area contributed by atoms with Crippen LogP contribution in [0.4, 0.5) is 5.69 Å². The first-order valence-electron chi connectivity index (χ1n) is 11.4. The normalized spacial score (nSPS) is 12.4. The third-order valence-electron chi connectivity index (χ3n) is 5.74. The highest BCUT2D eigenvalue weighted by atomic mass is 16.5. The van der Waals surface area contributed by atoms with Crippen molar-refractivity contribution >= 4 is 17.5 Å². The van der Waals surface area contributed by atoms with Gasteiger partial charge in [-0.1, -0.05) is 18.2 Å². The fraction of sp³-hybridized carbons (Fsp3) is 0.192. The summed E-state index contributed by atoms with van der Waals surface area (Å²) in [6.45, 7) is 2.91. The Kier molecular flexibility index (Phi) is 6.31. The quantitative estimate of drug-likeness (QED) is 0.414. The van der Waals surface area contributed by atoms with E-state index in [4.69, 9.17) is 9.47 Å². The molecule has 2 amide bonds. The highest BCUT2D eigenvalue weighted by Crippen LogP contribution is 2.32. The van der Waals surface area contributed by atoms with E-state index in [-0.39, 0.29) is 18.4 Å². The molecule has 1 aliphatic rings. The van der Waals surface area contributed by atoms with Gasteiger partial charge < -0.3 is 20.1 Å². The van der Waals surface area contributed by atoms with Crippen molar-refractivity contribution in [3.8, 4) is 34.3 Å². The van der Waals surface area contributed by atoms with Crippen LogP contribution in [0.15, 0.2) is 60.8 Å². The second-order valence-corrected chi connectivity index (χ2v) is 8.18. The molecule has 2 aromatic heterocycles. The van der Waals surface area contributed by atoms with Crippen molar-refractivity contribution in [1.82, 2.24) is 25.1 Å². The van der Waals surface area contributed by atoms with Crippen LogP contribution in [0.25, 0.3) is 22.8 Å². The van der Waals surface area contributed by atoms with Gasteiger partial charge in [0.15, 0.2) is 23.9 Å². The number of methoxy groups -OCH3 is 1. The Hall–Kier alpha value is -4.73. The van der Waals surface area contributed by atoms with E-state index >= 15 is 0 Å². The Morgan fingerprint density at radius 3 is 2.78 bits per heavy atom. The Morgan fingerprint density at radius 2 is 1.97 bits per heavy atom. The van der Waals surface area contributed by atoms with E-state index in [1.54, 1.807) is 41.2 Å². The van der Waals surface area contributed by atoms with Crippen molar-refractivity contribution in [2.24, 2.45) is 0 Å². The number of fused-ring (bicyclic) bond motifs is 1. The minimum Gasteiger partial charge on any atom is -0.493 e. The zero-order valence-electron chi connectivity index (χ0n) is 19.8.